The Balaban J connectivity index is 1.25. The normalized spacial score (nSPS) is 20.7. The van der Waals surface area contributed by atoms with Crippen molar-refractivity contribution in [3.8, 4) is 0 Å². The van der Waals surface area contributed by atoms with E-state index in [4.69, 9.17) is 23.2 Å². The van der Waals surface area contributed by atoms with Crippen LogP contribution in [0.15, 0.2) is 34.8 Å². The third-order valence-electron chi connectivity index (χ3n) is 6.49. The minimum atomic E-state index is -3.59. The second-order valence-corrected chi connectivity index (χ2v) is 12.2. The average molecular weight is 527 g/mol. The topological polar surface area (TPSA) is 69.6 Å². The predicted octanol–water partition coefficient (Wildman–Crippen LogP) is 4.28. The lowest BCUT2D eigenvalue weighted by Gasteiger charge is -2.37. The Morgan fingerprint density at radius 1 is 1.09 bits per heavy atom. The maximum Gasteiger partial charge on any atom is 0.243 e. The summed E-state index contributed by atoms with van der Waals surface area (Å²) in [6.07, 6.45) is 3.91. The van der Waals surface area contributed by atoms with E-state index in [-0.39, 0.29) is 9.92 Å². The fraction of sp³-hybridized carbons (Fsp3) is 0.455. The molecule has 176 valence electrons. The summed E-state index contributed by atoms with van der Waals surface area (Å²) >= 11 is 13.7. The first-order chi connectivity index (χ1) is 15.8. The standard InChI is InChI=1S/C22H25Cl2N5O2S2/c1-15-13-32-21-20(15)25-14-26-22(21)29-6-2-3-16(29)12-27-7-9-28(10-8-27)33(30,31)17-4-5-18(23)19(24)11-17/h4-5,11,13-14,16H,2-3,6-10,12H2,1H3/t16-/m0/s1. The maximum atomic E-state index is 13.0. The summed E-state index contributed by atoms with van der Waals surface area (Å²) in [6.45, 7) is 6.28. The number of rotatable bonds is 5. The van der Waals surface area contributed by atoms with E-state index in [1.165, 1.54) is 28.1 Å². The number of thiophene rings is 1. The van der Waals surface area contributed by atoms with Gasteiger partial charge in [0.1, 0.15) is 12.1 Å². The smallest absolute Gasteiger partial charge is 0.243 e. The number of hydrogen-bond acceptors (Lipinski definition) is 7. The van der Waals surface area contributed by atoms with Crippen molar-refractivity contribution in [2.45, 2.75) is 30.7 Å². The minimum Gasteiger partial charge on any atom is -0.351 e. The summed E-state index contributed by atoms with van der Waals surface area (Å²) in [5, 5.41) is 2.74. The molecule has 4 heterocycles. The lowest BCUT2D eigenvalue weighted by atomic mass is 10.2. The molecule has 3 aromatic rings. The van der Waals surface area contributed by atoms with Crippen LogP contribution in [0, 0.1) is 6.92 Å². The van der Waals surface area contributed by atoms with Gasteiger partial charge in [0.15, 0.2) is 0 Å². The van der Waals surface area contributed by atoms with E-state index in [9.17, 15) is 8.42 Å². The molecule has 1 atom stereocenters. The molecule has 0 aliphatic carbocycles. The van der Waals surface area contributed by atoms with Gasteiger partial charge >= 0.3 is 0 Å². The molecule has 11 heteroatoms. The quantitative estimate of drug-likeness (QED) is 0.495. The Kier molecular flexibility index (Phi) is 6.54. The van der Waals surface area contributed by atoms with Crippen molar-refractivity contribution in [3.63, 3.8) is 0 Å². The van der Waals surface area contributed by atoms with Gasteiger partial charge in [0.05, 0.1) is 25.2 Å². The molecule has 33 heavy (non-hydrogen) atoms. The molecule has 2 aliphatic rings. The Bertz CT molecular complexity index is 1280. The molecular weight excluding hydrogens is 501 g/mol. The minimum absolute atomic E-state index is 0.186. The van der Waals surface area contributed by atoms with Crippen LogP contribution < -0.4 is 4.90 Å². The van der Waals surface area contributed by atoms with E-state index in [2.05, 4.69) is 32.1 Å². The van der Waals surface area contributed by atoms with Crippen molar-refractivity contribution in [2.24, 2.45) is 0 Å². The molecule has 0 bridgehead atoms. The first-order valence-corrected chi connectivity index (χ1v) is 14.0. The summed E-state index contributed by atoms with van der Waals surface area (Å²) in [4.78, 5) is 14.1. The van der Waals surface area contributed by atoms with Crippen LogP contribution in [0.4, 0.5) is 5.82 Å². The molecule has 0 saturated carbocycles. The number of sulfonamides is 1. The fourth-order valence-corrected chi connectivity index (χ4v) is 7.52. The van der Waals surface area contributed by atoms with E-state index >= 15 is 0 Å². The molecule has 0 spiro atoms. The highest BCUT2D eigenvalue weighted by Gasteiger charge is 2.33. The van der Waals surface area contributed by atoms with Crippen LogP contribution in [-0.4, -0.2) is 72.9 Å². The van der Waals surface area contributed by atoms with Gasteiger partial charge in [-0.1, -0.05) is 23.2 Å². The Hall–Kier alpha value is -1.49. The fourth-order valence-electron chi connectivity index (χ4n) is 4.70. The van der Waals surface area contributed by atoms with Gasteiger partial charge in [0, 0.05) is 45.3 Å². The zero-order valence-corrected chi connectivity index (χ0v) is 21.4. The molecule has 0 unspecified atom stereocenters. The van der Waals surface area contributed by atoms with Crippen LogP contribution in [0.1, 0.15) is 18.4 Å². The van der Waals surface area contributed by atoms with Gasteiger partial charge in [-0.2, -0.15) is 4.31 Å². The molecule has 1 aromatic carbocycles. The third-order valence-corrected chi connectivity index (χ3v) is 10.2. The second kappa shape index (κ2) is 9.28. The van der Waals surface area contributed by atoms with Crippen molar-refractivity contribution >= 4 is 60.6 Å². The highest BCUT2D eigenvalue weighted by molar-refractivity contribution is 7.89. The van der Waals surface area contributed by atoms with Crippen LogP contribution in [0.25, 0.3) is 10.2 Å². The first-order valence-electron chi connectivity index (χ1n) is 11.0. The molecular formula is C22H25Cl2N5O2S2. The zero-order chi connectivity index (χ0) is 23.2. The highest BCUT2D eigenvalue weighted by atomic mass is 35.5. The third kappa shape index (κ3) is 4.47. The number of aromatic nitrogens is 2. The SMILES string of the molecule is Cc1csc2c(N3CCC[C@H]3CN3CCN(S(=O)(=O)c4ccc(Cl)c(Cl)c4)CC3)ncnc12. The number of nitrogens with zero attached hydrogens (tertiary/aromatic N) is 5. The van der Waals surface area contributed by atoms with E-state index in [0.29, 0.717) is 37.2 Å². The second-order valence-electron chi connectivity index (χ2n) is 8.56. The summed E-state index contributed by atoms with van der Waals surface area (Å²) in [5.41, 5.74) is 2.23. The maximum absolute atomic E-state index is 13.0. The molecule has 2 saturated heterocycles. The van der Waals surface area contributed by atoms with Crippen LogP contribution in [0.2, 0.25) is 10.0 Å². The summed E-state index contributed by atoms with van der Waals surface area (Å²) in [6, 6.07) is 4.84. The lowest BCUT2D eigenvalue weighted by molar-refractivity contribution is 0.179. The number of fused-ring (bicyclic) bond motifs is 1. The number of aryl methyl sites for hydroxylation is 1. The van der Waals surface area contributed by atoms with E-state index in [0.717, 1.165) is 42.0 Å². The first kappa shape index (κ1) is 23.3. The van der Waals surface area contributed by atoms with Gasteiger partial charge in [-0.05, 0) is 48.9 Å². The number of piperazine rings is 1. The molecule has 0 N–H and O–H groups in total. The lowest BCUT2D eigenvalue weighted by Crippen LogP contribution is -2.51. The van der Waals surface area contributed by atoms with Crippen molar-refractivity contribution in [1.29, 1.82) is 0 Å². The summed E-state index contributed by atoms with van der Waals surface area (Å²) in [7, 11) is -3.59. The Morgan fingerprint density at radius 3 is 2.64 bits per heavy atom. The molecule has 2 aromatic heterocycles. The van der Waals surface area contributed by atoms with Crippen molar-refractivity contribution in [2.75, 3.05) is 44.2 Å². The highest BCUT2D eigenvalue weighted by Crippen LogP contribution is 2.35. The Morgan fingerprint density at radius 2 is 1.88 bits per heavy atom. The van der Waals surface area contributed by atoms with Crippen molar-refractivity contribution in [1.82, 2.24) is 19.2 Å². The van der Waals surface area contributed by atoms with Gasteiger partial charge in [-0.25, -0.2) is 18.4 Å². The summed E-state index contributed by atoms with van der Waals surface area (Å²) in [5.74, 6) is 1.03. The molecule has 2 aliphatic heterocycles. The van der Waals surface area contributed by atoms with Gasteiger partial charge in [0.25, 0.3) is 0 Å². The van der Waals surface area contributed by atoms with Crippen LogP contribution in [0.3, 0.4) is 0 Å². The van der Waals surface area contributed by atoms with E-state index in [1.54, 1.807) is 17.7 Å². The zero-order valence-electron chi connectivity index (χ0n) is 18.2. The van der Waals surface area contributed by atoms with Gasteiger partial charge in [-0.3, -0.25) is 4.90 Å². The molecule has 7 nitrogen and oxygen atoms in total. The predicted molar refractivity (Wildman–Crippen MR) is 134 cm³/mol. The van der Waals surface area contributed by atoms with Crippen LogP contribution >= 0.6 is 34.5 Å². The Labute approximate surface area is 208 Å². The molecule has 0 amide bonds. The number of benzene rings is 1. The number of hydrogen-bond donors (Lipinski definition) is 0. The van der Waals surface area contributed by atoms with E-state index < -0.39 is 10.0 Å². The molecule has 2 fully saturated rings. The summed E-state index contributed by atoms with van der Waals surface area (Å²) < 4.78 is 28.8. The van der Waals surface area contributed by atoms with E-state index in [1.807, 2.05) is 0 Å². The van der Waals surface area contributed by atoms with Crippen molar-refractivity contribution < 1.29 is 8.42 Å². The van der Waals surface area contributed by atoms with Gasteiger partial charge in [0.2, 0.25) is 10.0 Å². The molecule has 0 radical (unpaired) electrons. The van der Waals surface area contributed by atoms with Crippen LogP contribution in [-0.2, 0) is 10.0 Å². The van der Waals surface area contributed by atoms with Crippen LogP contribution in [0.5, 0.6) is 0 Å². The largest absolute Gasteiger partial charge is 0.351 e. The number of halogens is 2. The van der Waals surface area contributed by atoms with Gasteiger partial charge in [-0.15, -0.1) is 11.3 Å². The van der Waals surface area contributed by atoms with Crippen molar-refractivity contribution in [3.05, 3.63) is 45.5 Å². The van der Waals surface area contributed by atoms with Gasteiger partial charge < -0.3 is 4.90 Å². The number of anilines is 1. The average Bonchev–Trinajstić information content (AvgIpc) is 3.42. The molecule has 5 rings (SSSR count). The monoisotopic (exact) mass is 525 g/mol.